The van der Waals surface area contributed by atoms with Gasteiger partial charge in [0.25, 0.3) is 0 Å². The summed E-state index contributed by atoms with van der Waals surface area (Å²) < 4.78 is 0. The molecule has 0 bridgehead atoms. The van der Waals surface area contributed by atoms with Gasteiger partial charge in [0.2, 0.25) is 0 Å². The molecular weight excluding hydrogens is 206 g/mol. The van der Waals surface area contributed by atoms with Crippen LogP contribution in [0.1, 0.15) is 63.9 Å². The van der Waals surface area contributed by atoms with E-state index in [0.717, 1.165) is 0 Å². The van der Waals surface area contributed by atoms with Crippen molar-refractivity contribution in [3.63, 3.8) is 0 Å². The highest BCUT2D eigenvalue weighted by Gasteiger charge is 2.14. The highest BCUT2D eigenvalue weighted by Crippen LogP contribution is 2.27. The predicted molar refractivity (Wildman–Crippen MR) is 75.6 cm³/mol. The summed E-state index contributed by atoms with van der Waals surface area (Å²) >= 11 is 0. The Balaban J connectivity index is 2.06. The van der Waals surface area contributed by atoms with Crippen molar-refractivity contribution in [2.45, 2.75) is 64.3 Å². The van der Waals surface area contributed by atoms with Gasteiger partial charge in [0.1, 0.15) is 0 Å². The fraction of sp³-hybridized carbons (Fsp3) is 0.625. The Morgan fingerprint density at radius 2 is 1.65 bits per heavy atom. The standard InChI is InChI=1S/C16H25N/c1-13(2)15-11-7-8-12-16(15)17-14-9-5-3-4-6-10-14/h7-8,11-14,17H,3-6,9-10H2,1-2H3. The second kappa shape index (κ2) is 6.09. The van der Waals surface area contributed by atoms with Crippen molar-refractivity contribution in [1.82, 2.24) is 0 Å². The fourth-order valence-electron chi connectivity index (χ4n) is 2.78. The van der Waals surface area contributed by atoms with Gasteiger partial charge in [0.05, 0.1) is 0 Å². The molecule has 1 fully saturated rings. The zero-order chi connectivity index (χ0) is 12.1. The molecule has 0 aromatic heterocycles. The average Bonchev–Trinajstić information content (AvgIpc) is 2.58. The molecule has 0 radical (unpaired) electrons. The van der Waals surface area contributed by atoms with Crippen molar-refractivity contribution >= 4 is 5.69 Å². The molecular formula is C16H25N. The van der Waals surface area contributed by atoms with Crippen LogP contribution in [0, 0.1) is 0 Å². The van der Waals surface area contributed by atoms with Gasteiger partial charge in [-0.15, -0.1) is 0 Å². The van der Waals surface area contributed by atoms with Gasteiger partial charge in [-0.25, -0.2) is 0 Å². The van der Waals surface area contributed by atoms with Crippen molar-refractivity contribution in [3.05, 3.63) is 29.8 Å². The largest absolute Gasteiger partial charge is 0.382 e. The molecule has 17 heavy (non-hydrogen) atoms. The number of hydrogen-bond donors (Lipinski definition) is 1. The summed E-state index contributed by atoms with van der Waals surface area (Å²) in [6.07, 6.45) is 8.30. The maximum atomic E-state index is 3.77. The molecule has 1 aliphatic carbocycles. The quantitative estimate of drug-likeness (QED) is 0.726. The molecule has 0 spiro atoms. The van der Waals surface area contributed by atoms with Crippen LogP contribution in [0.5, 0.6) is 0 Å². The van der Waals surface area contributed by atoms with E-state index in [-0.39, 0.29) is 0 Å². The molecule has 0 aliphatic heterocycles. The molecule has 1 aromatic carbocycles. The Morgan fingerprint density at radius 1 is 1.00 bits per heavy atom. The fourth-order valence-corrected chi connectivity index (χ4v) is 2.78. The topological polar surface area (TPSA) is 12.0 Å². The third-order valence-electron chi connectivity index (χ3n) is 3.80. The number of anilines is 1. The SMILES string of the molecule is CC(C)c1ccccc1NC1CCCCCC1. The first-order valence-electron chi connectivity index (χ1n) is 7.13. The highest BCUT2D eigenvalue weighted by molar-refractivity contribution is 5.53. The smallest absolute Gasteiger partial charge is 0.0377 e. The van der Waals surface area contributed by atoms with Crippen LogP contribution in [0.25, 0.3) is 0 Å². The lowest BCUT2D eigenvalue weighted by Gasteiger charge is -2.21. The van der Waals surface area contributed by atoms with Crippen LogP contribution < -0.4 is 5.32 Å². The number of para-hydroxylation sites is 1. The molecule has 2 rings (SSSR count). The maximum Gasteiger partial charge on any atom is 0.0377 e. The molecule has 1 N–H and O–H groups in total. The Hall–Kier alpha value is -0.980. The van der Waals surface area contributed by atoms with E-state index in [0.29, 0.717) is 12.0 Å². The lowest BCUT2D eigenvalue weighted by Crippen LogP contribution is -2.19. The monoisotopic (exact) mass is 231 g/mol. The van der Waals surface area contributed by atoms with Gasteiger partial charge in [-0.05, 0) is 30.4 Å². The van der Waals surface area contributed by atoms with Gasteiger partial charge in [-0.2, -0.15) is 0 Å². The molecule has 0 unspecified atom stereocenters. The number of benzene rings is 1. The summed E-state index contributed by atoms with van der Waals surface area (Å²) in [6, 6.07) is 9.47. The Bertz CT molecular complexity index is 335. The van der Waals surface area contributed by atoms with Gasteiger partial charge in [0, 0.05) is 11.7 Å². The van der Waals surface area contributed by atoms with Crippen LogP contribution in [-0.2, 0) is 0 Å². The van der Waals surface area contributed by atoms with Gasteiger partial charge < -0.3 is 5.32 Å². The molecule has 1 heteroatoms. The van der Waals surface area contributed by atoms with Gasteiger partial charge in [-0.1, -0.05) is 57.7 Å². The van der Waals surface area contributed by atoms with Crippen LogP contribution in [-0.4, -0.2) is 6.04 Å². The molecule has 1 aliphatic rings. The molecule has 0 saturated heterocycles. The first kappa shape index (κ1) is 12.5. The van der Waals surface area contributed by atoms with E-state index in [1.807, 2.05) is 0 Å². The summed E-state index contributed by atoms with van der Waals surface area (Å²) in [5.41, 5.74) is 2.81. The van der Waals surface area contributed by atoms with E-state index in [9.17, 15) is 0 Å². The predicted octanol–water partition coefficient (Wildman–Crippen LogP) is 4.94. The minimum atomic E-state index is 0.601. The van der Waals surface area contributed by atoms with Crippen molar-refractivity contribution in [2.24, 2.45) is 0 Å². The zero-order valence-electron chi connectivity index (χ0n) is 11.2. The second-order valence-electron chi connectivity index (χ2n) is 5.57. The molecule has 0 amide bonds. The first-order valence-corrected chi connectivity index (χ1v) is 7.13. The third-order valence-corrected chi connectivity index (χ3v) is 3.80. The number of hydrogen-bond acceptors (Lipinski definition) is 1. The Labute approximate surface area is 106 Å². The minimum Gasteiger partial charge on any atom is -0.382 e. The Kier molecular flexibility index (Phi) is 4.47. The Morgan fingerprint density at radius 3 is 2.29 bits per heavy atom. The van der Waals surface area contributed by atoms with Crippen LogP contribution in [0.15, 0.2) is 24.3 Å². The van der Waals surface area contributed by atoms with Crippen molar-refractivity contribution in [3.8, 4) is 0 Å². The lowest BCUT2D eigenvalue weighted by molar-refractivity contribution is 0.618. The molecule has 1 aromatic rings. The van der Waals surface area contributed by atoms with E-state index in [4.69, 9.17) is 0 Å². The molecule has 94 valence electrons. The third kappa shape index (κ3) is 3.49. The van der Waals surface area contributed by atoms with Gasteiger partial charge in [0.15, 0.2) is 0 Å². The number of nitrogens with one attached hydrogen (secondary N) is 1. The second-order valence-corrected chi connectivity index (χ2v) is 5.57. The van der Waals surface area contributed by atoms with Crippen LogP contribution in [0.2, 0.25) is 0 Å². The lowest BCUT2D eigenvalue weighted by atomic mass is 10.00. The first-order chi connectivity index (χ1) is 8.27. The highest BCUT2D eigenvalue weighted by atomic mass is 14.9. The average molecular weight is 231 g/mol. The van der Waals surface area contributed by atoms with E-state index in [1.165, 1.54) is 49.8 Å². The number of rotatable bonds is 3. The van der Waals surface area contributed by atoms with Crippen LogP contribution >= 0.6 is 0 Å². The van der Waals surface area contributed by atoms with Crippen molar-refractivity contribution < 1.29 is 0 Å². The maximum absolute atomic E-state index is 3.77. The van der Waals surface area contributed by atoms with Gasteiger partial charge >= 0.3 is 0 Å². The molecule has 1 saturated carbocycles. The van der Waals surface area contributed by atoms with Gasteiger partial charge in [-0.3, -0.25) is 0 Å². The van der Waals surface area contributed by atoms with E-state index < -0.39 is 0 Å². The molecule has 0 heterocycles. The van der Waals surface area contributed by atoms with Crippen LogP contribution in [0.4, 0.5) is 5.69 Å². The van der Waals surface area contributed by atoms with E-state index in [1.54, 1.807) is 0 Å². The summed E-state index contributed by atoms with van der Waals surface area (Å²) in [5, 5.41) is 3.77. The summed E-state index contributed by atoms with van der Waals surface area (Å²) in [4.78, 5) is 0. The molecule has 0 atom stereocenters. The summed E-state index contributed by atoms with van der Waals surface area (Å²) in [5.74, 6) is 0.601. The van der Waals surface area contributed by atoms with E-state index in [2.05, 4.69) is 43.4 Å². The van der Waals surface area contributed by atoms with Crippen molar-refractivity contribution in [1.29, 1.82) is 0 Å². The van der Waals surface area contributed by atoms with E-state index >= 15 is 0 Å². The zero-order valence-corrected chi connectivity index (χ0v) is 11.2. The van der Waals surface area contributed by atoms with Crippen molar-refractivity contribution in [2.75, 3.05) is 5.32 Å². The minimum absolute atomic E-state index is 0.601. The molecule has 1 nitrogen and oxygen atoms in total. The van der Waals surface area contributed by atoms with Crippen LogP contribution in [0.3, 0.4) is 0 Å². The normalized spacial score (nSPS) is 18.1. The summed E-state index contributed by atoms with van der Waals surface area (Å²) in [6.45, 7) is 4.54. The summed E-state index contributed by atoms with van der Waals surface area (Å²) in [7, 11) is 0.